The monoisotopic (exact) mass is 595 g/mol. The number of amides is 2. The summed E-state index contributed by atoms with van der Waals surface area (Å²) in [6.07, 6.45) is -1.01. The van der Waals surface area contributed by atoms with Gasteiger partial charge in [0.1, 0.15) is 24.4 Å². The van der Waals surface area contributed by atoms with Crippen molar-refractivity contribution in [2.75, 3.05) is 6.61 Å². The molecule has 224 valence electrons. The molecule has 0 fully saturated rings. The molecule has 0 saturated carbocycles. The Morgan fingerprint density at radius 3 is 1.84 bits per heavy atom. The van der Waals surface area contributed by atoms with E-state index in [1.54, 1.807) is 12.1 Å². The van der Waals surface area contributed by atoms with Crippen molar-refractivity contribution < 1.29 is 34.3 Å². The van der Waals surface area contributed by atoms with Crippen LogP contribution in [0.2, 0.25) is 0 Å². The van der Waals surface area contributed by atoms with Crippen molar-refractivity contribution in [1.82, 2.24) is 10.6 Å². The van der Waals surface area contributed by atoms with Gasteiger partial charge >= 0.3 is 12.1 Å². The lowest BCUT2D eigenvalue weighted by Gasteiger charge is -2.22. The number of carboxylic acids is 1. The highest BCUT2D eigenvalue weighted by Crippen LogP contribution is 2.44. The fraction of sp³-hybridized carbons (Fsp3) is 0.182. The molecule has 0 aromatic heterocycles. The van der Waals surface area contributed by atoms with E-state index < -0.39 is 35.0 Å². The number of non-ortho nitro benzene ring substituents is 1. The molecule has 2 atom stereocenters. The van der Waals surface area contributed by atoms with E-state index in [-0.39, 0.29) is 36.8 Å². The number of nitrogens with one attached hydrogen (secondary N) is 2. The van der Waals surface area contributed by atoms with Gasteiger partial charge in [-0.05, 0) is 45.5 Å². The van der Waals surface area contributed by atoms with Gasteiger partial charge in [-0.3, -0.25) is 14.9 Å². The van der Waals surface area contributed by atoms with Gasteiger partial charge in [0.05, 0.1) is 4.92 Å². The summed E-state index contributed by atoms with van der Waals surface area (Å²) in [6, 6.07) is 24.5. The molecule has 11 nitrogen and oxygen atoms in total. The molecule has 4 aromatic carbocycles. The van der Waals surface area contributed by atoms with E-state index in [0.29, 0.717) is 11.1 Å². The Kier molecular flexibility index (Phi) is 8.85. The molecule has 0 unspecified atom stereocenters. The molecule has 0 saturated heterocycles. The van der Waals surface area contributed by atoms with Crippen LogP contribution in [-0.2, 0) is 27.2 Å². The zero-order valence-electron chi connectivity index (χ0n) is 23.4. The second-order valence-electron chi connectivity index (χ2n) is 10.4. The Bertz CT molecular complexity index is 1640. The van der Waals surface area contributed by atoms with E-state index in [4.69, 9.17) is 4.74 Å². The first-order valence-corrected chi connectivity index (χ1v) is 13.9. The maximum absolute atomic E-state index is 13.4. The average Bonchev–Trinajstić information content (AvgIpc) is 3.34. The first-order chi connectivity index (χ1) is 21.2. The number of carbonyl (C=O) groups is 3. The minimum absolute atomic E-state index is 0.0137. The third-order valence-electron chi connectivity index (χ3n) is 7.53. The number of nitro benzene ring substituents is 1. The second kappa shape index (κ2) is 13.1. The molecule has 0 radical (unpaired) electrons. The smallest absolute Gasteiger partial charge is 0.407 e. The topological polar surface area (TPSA) is 168 Å². The molecule has 1 aliphatic rings. The van der Waals surface area contributed by atoms with Crippen LogP contribution in [0.1, 0.15) is 28.2 Å². The Balaban J connectivity index is 1.29. The summed E-state index contributed by atoms with van der Waals surface area (Å²) in [4.78, 5) is 48.9. The Hall–Kier alpha value is -5.71. The predicted octanol–water partition coefficient (Wildman–Crippen LogP) is 4.56. The summed E-state index contributed by atoms with van der Waals surface area (Å²) >= 11 is 0. The lowest BCUT2D eigenvalue weighted by molar-refractivity contribution is -0.384. The van der Waals surface area contributed by atoms with Crippen LogP contribution in [0.4, 0.5) is 10.5 Å². The van der Waals surface area contributed by atoms with Gasteiger partial charge in [0.15, 0.2) is 0 Å². The third-order valence-corrected chi connectivity index (χ3v) is 7.53. The number of aliphatic carboxylic acids is 1. The second-order valence-corrected chi connectivity index (χ2v) is 10.4. The van der Waals surface area contributed by atoms with Crippen molar-refractivity contribution in [3.8, 4) is 16.9 Å². The number of alkyl carbamates (subject to hydrolysis) is 1. The van der Waals surface area contributed by atoms with Crippen molar-refractivity contribution in [2.24, 2.45) is 0 Å². The summed E-state index contributed by atoms with van der Waals surface area (Å²) in [7, 11) is 0. The van der Waals surface area contributed by atoms with Crippen molar-refractivity contribution in [3.05, 3.63) is 129 Å². The van der Waals surface area contributed by atoms with E-state index in [0.717, 1.165) is 22.3 Å². The van der Waals surface area contributed by atoms with Gasteiger partial charge in [0.2, 0.25) is 5.91 Å². The predicted molar refractivity (Wildman–Crippen MR) is 160 cm³/mol. The van der Waals surface area contributed by atoms with E-state index in [1.165, 1.54) is 36.4 Å². The minimum atomic E-state index is -1.38. The molecule has 1 aliphatic carbocycles. The standard InChI is InChI=1S/C33H29N3O8/c37-23-15-11-21(12-16-23)17-29(31(38)34-30(32(39)40)18-20-9-13-22(14-10-20)36(42)43)35-33(41)44-19-28-26-7-3-1-5-24(26)25-6-2-4-8-27(25)28/h1-16,28-30,37H,17-19H2,(H,34,38)(H,35,41)(H,39,40)/t29-,30-/m0/s1. The number of nitro groups is 1. The van der Waals surface area contributed by atoms with Crippen molar-refractivity contribution in [3.63, 3.8) is 0 Å². The van der Waals surface area contributed by atoms with Crippen LogP contribution in [-0.4, -0.2) is 51.8 Å². The number of ether oxygens (including phenoxy) is 1. The number of hydrogen-bond acceptors (Lipinski definition) is 7. The van der Waals surface area contributed by atoms with Gasteiger partial charge < -0.3 is 25.6 Å². The lowest BCUT2D eigenvalue weighted by atomic mass is 9.98. The molecule has 44 heavy (non-hydrogen) atoms. The number of carbonyl (C=O) groups excluding carboxylic acids is 2. The summed E-state index contributed by atoms with van der Waals surface area (Å²) < 4.78 is 5.61. The van der Waals surface area contributed by atoms with Crippen LogP contribution >= 0.6 is 0 Å². The van der Waals surface area contributed by atoms with Crippen LogP contribution in [0.3, 0.4) is 0 Å². The van der Waals surface area contributed by atoms with Crippen LogP contribution in [0, 0.1) is 10.1 Å². The summed E-state index contributed by atoms with van der Waals surface area (Å²) in [5, 5.41) is 35.5. The van der Waals surface area contributed by atoms with Crippen molar-refractivity contribution in [2.45, 2.75) is 30.8 Å². The fourth-order valence-electron chi connectivity index (χ4n) is 5.32. The highest BCUT2D eigenvalue weighted by Gasteiger charge is 2.31. The van der Waals surface area contributed by atoms with Crippen LogP contribution < -0.4 is 10.6 Å². The average molecular weight is 596 g/mol. The molecule has 0 spiro atoms. The van der Waals surface area contributed by atoms with Crippen molar-refractivity contribution >= 4 is 23.7 Å². The van der Waals surface area contributed by atoms with Gasteiger partial charge in [-0.1, -0.05) is 72.8 Å². The molecule has 4 N–H and O–H groups in total. The van der Waals surface area contributed by atoms with E-state index in [9.17, 15) is 34.7 Å². The number of carboxylic acid groups (broad SMARTS) is 1. The molecule has 5 rings (SSSR count). The summed E-state index contributed by atoms with van der Waals surface area (Å²) in [6.45, 7) is 0.0192. The van der Waals surface area contributed by atoms with Gasteiger partial charge in [-0.25, -0.2) is 9.59 Å². The normalized spacial score (nSPS) is 13.2. The number of aromatic hydroxyl groups is 1. The zero-order chi connectivity index (χ0) is 31.2. The van der Waals surface area contributed by atoms with Gasteiger partial charge in [0, 0.05) is 30.9 Å². The molecule has 0 heterocycles. The number of nitrogens with zero attached hydrogens (tertiary/aromatic N) is 1. The zero-order valence-corrected chi connectivity index (χ0v) is 23.4. The van der Waals surface area contributed by atoms with E-state index >= 15 is 0 Å². The van der Waals surface area contributed by atoms with E-state index in [1.807, 2.05) is 48.5 Å². The lowest BCUT2D eigenvalue weighted by Crippen LogP contribution is -2.53. The molecular formula is C33H29N3O8. The molecule has 2 amide bonds. The number of phenols is 1. The highest BCUT2D eigenvalue weighted by atomic mass is 16.6. The van der Waals surface area contributed by atoms with Crippen LogP contribution in [0.15, 0.2) is 97.1 Å². The Morgan fingerprint density at radius 1 is 0.773 bits per heavy atom. The third kappa shape index (κ3) is 6.84. The molecule has 4 aromatic rings. The Morgan fingerprint density at radius 2 is 1.30 bits per heavy atom. The van der Waals surface area contributed by atoms with Gasteiger partial charge in [-0.2, -0.15) is 0 Å². The molecule has 11 heteroatoms. The number of fused-ring (bicyclic) bond motifs is 3. The van der Waals surface area contributed by atoms with Gasteiger partial charge in [0.25, 0.3) is 5.69 Å². The van der Waals surface area contributed by atoms with Crippen LogP contribution in [0.25, 0.3) is 11.1 Å². The molecular weight excluding hydrogens is 566 g/mol. The first-order valence-electron chi connectivity index (χ1n) is 13.9. The minimum Gasteiger partial charge on any atom is -0.508 e. The van der Waals surface area contributed by atoms with Crippen LogP contribution in [0.5, 0.6) is 5.75 Å². The number of phenolic OH excluding ortho intramolecular Hbond substituents is 1. The molecule has 0 bridgehead atoms. The quantitative estimate of drug-likeness (QED) is 0.145. The Labute approximate surface area is 252 Å². The van der Waals surface area contributed by atoms with Gasteiger partial charge in [-0.15, -0.1) is 0 Å². The number of benzene rings is 4. The highest BCUT2D eigenvalue weighted by molar-refractivity contribution is 5.89. The van der Waals surface area contributed by atoms with Crippen molar-refractivity contribution in [1.29, 1.82) is 0 Å². The largest absolute Gasteiger partial charge is 0.508 e. The maximum Gasteiger partial charge on any atom is 0.407 e. The summed E-state index contributed by atoms with van der Waals surface area (Å²) in [5.74, 6) is -2.26. The number of rotatable bonds is 11. The molecule has 0 aliphatic heterocycles. The summed E-state index contributed by atoms with van der Waals surface area (Å²) in [5.41, 5.74) is 5.09. The number of hydrogen-bond donors (Lipinski definition) is 4. The van der Waals surface area contributed by atoms with E-state index in [2.05, 4.69) is 10.6 Å². The SMILES string of the molecule is O=C(N[C@@H](Cc1ccc(O)cc1)C(=O)N[C@@H](Cc1ccc([N+](=O)[O-])cc1)C(=O)O)OCC1c2ccccc2-c2ccccc21. The fourth-order valence-corrected chi connectivity index (χ4v) is 5.32. The first kappa shape index (κ1) is 29.8. The maximum atomic E-state index is 13.4.